The molecule has 2 aromatic carbocycles. The van der Waals surface area contributed by atoms with Crippen molar-refractivity contribution in [1.29, 1.82) is 0 Å². The number of ether oxygens (including phenoxy) is 2. The zero-order valence-corrected chi connectivity index (χ0v) is 17.0. The van der Waals surface area contributed by atoms with E-state index in [0.29, 0.717) is 34.3 Å². The van der Waals surface area contributed by atoms with E-state index in [-0.39, 0.29) is 16.9 Å². The Bertz CT molecular complexity index is 1040. The SMILES string of the molecule is CCOc1cccc(/C=C2\C(=O)N(c3cccc(Cl)c3)C(C)=C2C(=O)OC)c1O. The van der Waals surface area contributed by atoms with Crippen LogP contribution in [0.4, 0.5) is 5.69 Å². The molecule has 3 rings (SSSR count). The van der Waals surface area contributed by atoms with E-state index in [2.05, 4.69) is 0 Å². The summed E-state index contributed by atoms with van der Waals surface area (Å²) in [4.78, 5) is 27.1. The number of esters is 1. The third-order valence-electron chi connectivity index (χ3n) is 4.49. The molecule has 0 spiro atoms. The largest absolute Gasteiger partial charge is 0.504 e. The van der Waals surface area contributed by atoms with Gasteiger partial charge in [0, 0.05) is 16.3 Å². The van der Waals surface area contributed by atoms with Gasteiger partial charge in [-0.3, -0.25) is 9.69 Å². The van der Waals surface area contributed by atoms with E-state index in [0.717, 1.165) is 0 Å². The van der Waals surface area contributed by atoms with Crippen molar-refractivity contribution in [2.45, 2.75) is 13.8 Å². The fraction of sp³-hybridized carbons (Fsp3) is 0.182. The molecule has 6 nitrogen and oxygen atoms in total. The smallest absolute Gasteiger partial charge is 0.340 e. The van der Waals surface area contributed by atoms with Crippen molar-refractivity contribution >= 4 is 35.2 Å². The average molecular weight is 414 g/mol. The number of methoxy groups -OCH3 is 1. The number of anilines is 1. The second-order valence-corrected chi connectivity index (χ2v) is 6.69. The molecule has 29 heavy (non-hydrogen) atoms. The maximum Gasteiger partial charge on any atom is 0.340 e. The summed E-state index contributed by atoms with van der Waals surface area (Å²) in [5.74, 6) is -0.893. The molecule has 0 fully saturated rings. The highest BCUT2D eigenvalue weighted by molar-refractivity contribution is 6.31. The van der Waals surface area contributed by atoms with E-state index < -0.39 is 11.9 Å². The lowest BCUT2D eigenvalue weighted by molar-refractivity contribution is -0.136. The van der Waals surface area contributed by atoms with Crippen LogP contribution in [-0.4, -0.2) is 30.7 Å². The van der Waals surface area contributed by atoms with E-state index >= 15 is 0 Å². The molecule has 1 aliphatic rings. The highest BCUT2D eigenvalue weighted by Crippen LogP contribution is 2.38. The summed E-state index contributed by atoms with van der Waals surface area (Å²) in [7, 11) is 1.25. The zero-order chi connectivity index (χ0) is 21.1. The number of nitrogens with zero attached hydrogens (tertiary/aromatic N) is 1. The monoisotopic (exact) mass is 413 g/mol. The Labute approximate surface area is 173 Å². The summed E-state index contributed by atoms with van der Waals surface area (Å²) in [6.07, 6.45) is 1.46. The molecule has 0 saturated carbocycles. The Morgan fingerprint density at radius 2 is 1.97 bits per heavy atom. The maximum atomic E-state index is 13.2. The molecule has 1 amide bonds. The number of halogens is 1. The summed E-state index contributed by atoms with van der Waals surface area (Å²) in [6, 6.07) is 11.7. The van der Waals surface area contributed by atoms with Gasteiger partial charge in [0.05, 0.1) is 30.6 Å². The summed E-state index contributed by atoms with van der Waals surface area (Å²) < 4.78 is 10.3. The normalized spacial score (nSPS) is 15.2. The number of benzene rings is 2. The molecule has 150 valence electrons. The molecule has 1 heterocycles. The van der Waals surface area contributed by atoms with E-state index in [1.807, 2.05) is 0 Å². The molecule has 0 saturated heterocycles. The minimum atomic E-state index is -0.646. The molecule has 0 aromatic heterocycles. The van der Waals surface area contributed by atoms with Crippen molar-refractivity contribution in [3.05, 3.63) is 69.9 Å². The third-order valence-corrected chi connectivity index (χ3v) is 4.72. The number of aromatic hydroxyl groups is 1. The standard InChI is InChI=1S/C22H20ClNO5/c1-4-29-18-10-5-7-14(20(18)25)11-17-19(22(27)28-3)13(2)24(21(17)26)16-9-6-8-15(23)12-16/h5-12,25H,4H2,1-3H3/b17-11-. The molecule has 1 N–H and O–H groups in total. The first-order valence-corrected chi connectivity index (χ1v) is 9.32. The zero-order valence-electron chi connectivity index (χ0n) is 16.2. The highest BCUT2D eigenvalue weighted by atomic mass is 35.5. The quantitative estimate of drug-likeness (QED) is 0.583. The molecule has 0 unspecified atom stereocenters. The van der Waals surface area contributed by atoms with E-state index in [1.165, 1.54) is 18.1 Å². The molecular weight excluding hydrogens is 394 g/mol. The second-order valence-electron chi connectivity index (χ2n) is 6.26. The van der Waals surface area contributed by atoms with Crippen molar-refractivity contribution in [2.75, 3.05) is 18.6 Å². The fourth-order valence-electron chi connectivity index (χ4n) is 3.19. The number of rotatable bonds is 5. The van der Waals surface area contributed by atoms with E-state index in [1.54, 1.807) is 56.3 Å². The van der Waals surface area contributed by atoms with Crippen LogP contribution >= 0.6 is 11.6 Å². The topological polar surface area (TPSA) is 76.1 Å². The molecular formula is C22H20ClNO5. The van der Waals surface area contributed by atoms with Crippen LogP contribution in [0, 0.1) is 0 Å². The Hall–Kier alpha value is -3.25. The molecule has 0 atom stereocenters. The van der Waals surface area contributed by atoms with E-state index in [9.17, 15) is 14.7 Å². The lowest BCUT2D eigenvalue weighted by atomic mass is 10.0. The van der Waals surface area contributed by atoms with Gasteiger partial charge in [-0.05, 0) is 44.2 Å². The summed E-state index contributed by atoms with van der Waals surface area (Å²) in [5, 5.41) is 10.9. The van der Waals surface area contributed by atoms with Gasteiger partial charge in [0.15, 0.2) is 11.5 Å². The Balaban J connectivity index is 2.16. The Morgan fingerprint density at radius 3 is 2.62 bits per heavy atom. The van der Waals surface area contributed by atoms with Gasteiger partial charge in [-0.25, -0.2) is 4.79 Å². The van der Waals surface area contributed by atoms with Crippen molar-refractivity contribution in [2.24, 2.45) is 0 Å². The fourth-order valence-corrected chi connectivity index (χ4v) is 3.37. The van der Waals surface area contributed by atoms with Crippen LogP contribution < -0.4 is 9.64 Å². The first-order valence-electron chi connectivity index (χ1n) is 8.95. The maximum absolute atomic E-state index is 13.2. The minimum Gasteiger partial charge on any atom is -0.504 e. The first-order chi connectivity index (χ1) is 13.9. The number of carbonyl (C=O) groups is 2. The summed E-state index contributed by atoms with van der Waals surface area (Å²) in [5.41, 5.74) is 1.52. The van der Waals surface area contributed by atoms with Crippen LogP contribution in [0.2, 0.25) is 5.02 Å². The minimum absolute atomic E-state index is 0.110. The number of phenolic OH excluding ortho intramolecular Hbond substituents is 1. The first kappa shape index (κ1) is 20.5. The molecule has 2 aromatic rings. The van der Waals surface area contributed by atoms with Gasteiger partial charge in [-0.15, -0.1) is 0 Å². The van der Waals surface area contributed by atoms with Crippen LogP contribution in [0.15, 0.2) is 59.3 Å². The summed E-state index contributed by atoms with van der Waals surface area (Å²) >= 11 is 6.07. The molecule has 0 aliphatic carbocycles. The Kier molecular flexibility index (Phi) is 5.94. The number of amides is 1. The van der Waals surface area contributed by atoms with Crippen LogP contribution in [0.5, 0.6) is 11.5 Å². The number of hydrogen-bond donors (Lipinski definition) is 1. The highest BCUT2D eigenvalue weighted by Gasteiger charge is 2.38. The number of allylic oxidation sites excluding steroid dienone is 1. The third kappa shape index (κ3) is 3.84. The summed E-state index contributed by atoms with van der Waals surface area (Å²) in [6.45, 7) is 3.83. The van der Waals surface area contributed by atoms with Crippen LogP contribution in [-0.2, 0) is 14.3 Å². The Morgan fingerprint density at radius 1 is 1.24 bits per heavy atom. The van der Waals surface area contributed by atoms with Gasteiger partial charge in [0.2, 0.25) is 0 Å². The number of hydrogen-bond acceptors (Lipinski definition) is 5. The van der Waals surface area contributed by atoms with Gasteiger partial charge in [0.25, 0.3) is 5.91 Å². The average Bonchev–Trinajstić information content (AvgIpc) is 2.94. The lowest BCUT2D eigenvalue weighted by Gasteiger charge is -2.18. The van der Waals surface area contributed by atoms with Crippen molar-refractivity contribution in [3.8, 4) is 11.5 Å². The number of carbonyl (C=O) groups excluding carboxylic acids is 2. The van der Waals surface area contributed by atoms with Crippen LogP contribution in [0.3, 0.4) is 0 Å². The van der Waals surface area contributed by atoms with E-state index in [4.69, 9.17) is 21.1 Å². The predicted octanol–water partition coefficient (Wildman–Crippen LogP) is 4.32. The molecule has 1 aliphatic heterocycles. The number of phenols is 1. The van der Waals surface area contributed by atoms with Crippen molar-refractivity contribution in [3.63, 3.8) is 0 Å². The molecule has 7 heteroatoms. The van der Waals surface area contributed by atoms with Crippen LogP contribution in [0.1, 0.15) is 19.4 Å². The second kappa shape index (κ2) is 8.41. The van der Waals surface area contributed by atoms with Gasteiger partial charge >= 0.3 is 5.97 Å². The molecule has 0 bridgehead atoms. The van der Waals surface area contributed by atoms with Crippen molar-refractivity contribution < 1.29 is 24.2 Å². The number of para-hydroxylation sites is 1. The molecule has 0 radical (unpaired) electrons. The van der Waals surface area contributed by atoms with Gasteiger partial charge in [0.1, 0.15) is 0 Å². The van der Waals surface area contributed by atoms with Gasteiger partial charge in [-0.2, -0.15) is 0 Å². The van der Waals surface area contributed by atoms with Crippen LogP contribution in [0.25, 0.3) is 6.08 Å². The van der Waals surface area contributed by atoms with Gasteiger partial charge < -0.3 is 14.6 Å². The van der Waals surface area contributed by atoms with Gasteiger partial charge in [-0.1, -0.05) is 29.8 Å². The lowest BCUT2D eigenvalue weighted by Crippen LogP contribution is -2.24. The van der Waals surface area contributed by atoms with Crippen molar-refractivity contribution in [1.82, 2.24) is 0 Å². The predicted molar refractivity (Wildman–Crippen MR) is 111 cm³/mol.